The second-order valence-electron chi connectivity index (χ2n) is 7.12. The topological polar surface area (TPSA) is 64.6 Å². The van der Waals surface area contributed by atoms with Gasteiger partial charge in [-0.1, -0.05) is 33.1 Å². The summed E-state index contributed by atoms with van der Waals surface area (Å²) in [5.41, 5.74) is 0.605. The lowest BCUT2D eigenvalue weighted by atomic mass is 9.95. The first-order chi connectivity index (χ1) is 12.0. The SMILES string of the molecule is CC(C)COC(=O)C(C)Oc1ccc(C(=O)NC2CCCCC2)cc1. The van der Waals surface area contributed by atoms with Gasteiger partial charge in [0.1, 0.15) is 5.75 Å². The van der Waals surface area contributed by atoms with Crippen LogP contribution < -0.4 is 10.1 Å². The molecule has 2 rings (SSSR count). The van der Waals surface area contributed by atoms with Crippen LogP contribution in [-0.2, 0) is 9.53 Å². The van der Waals surface area contributed by atoms with Crippen molar-refractivity contribution in [3.8, 4) is 5.75 Å². The average Bonchev–Trinajstić information content (AvgIpc) is 2.61. The van der Waals surface area contributed by atoms with Crippen molar-refractivity contribution in [2.24, 2.45) is 5.92 Å². The third kappa shape index (κ3) is 6.40. The molecule has 1 aliphatic rings. The largest absolute Gasteiger partial charge is 0.479 e. The van der Waals surface area contributed by atoms with Gasteiger partial charge in [-0.15, -0.1) is 0 Å². The van der Waals surface area contributed by atoms with Gasteiger partial charge in [-0.25, -0.2) is 4.79 Å². The van der Waals surface area contributed by atoms with E-state index in [1.807, 2.05) is 13.8 Å². The Morgan fingerprint density at radius 1 is 1.08 bits per heavy atom. The Morgan fingerprint density at radius 2 is 1.72 bits per heavy atom. The Bertz CT molecular complexity index is 562. The van der Waals surface area contributed by atoms with E-state index in [1.54, 1.807) is 31.2 Å². The van der Waals surface area contributed by atoms with Crippen molar-refractivity contribution in [3.05, 3.63) is 29.8 Å². The number of benzene rings is 1. The molecule has 1 amide bonds. The van der Waals surface area contributed by atoms with Crippen LogP contribution in [0.1, 0.15) is 63.2 Å². The number of amides is 1. The average molecular weight is 347 g/mol. The minimum atomic E-state index is -0.680. The van der Waals surface area contributed by atoms with Gasteiger partial charge < -0.3 is 14.8 Å². The minimum Gasteiger partial charge on any atom is -0.479 e. The number of nitrogens with one attached hydrogen (secondary N) is 1. The van der Waals surface area contributed by atoms with E-state index in [9.17, 15) is 9.59 Å². The molecule has 1 aromatic rings. The van der Waals surface area contributed by atoms with Gasteiger partial charge in [-0.2, -0.15) is 0 Å². The second-order valence-corrected chi connectivity index (χ2v) is 7.12. The number of hydrogen-bond acceptors (Lipinski definition) is 4. The van der Waals surface area contributed by atoms with E-state index in [0.717, 1.165) is 12.8 Å². The molecule has 0 heterocycles. The van der Waals surface area contributed by atoms with Crippen molar-refractivity contribution >= 4 is 11.9 Å². The molecule has 0 spiro atoms. The molecule has 5 nitrogen and oxygen atoms in total. The summed E-state index contributed by atoms with van der Waals surface area (Å²) in [6, 6.07) is 7.15. The van der Waals surface area contributed by atoms with Crippen LogP contribution in [0.2, 0.25) is 0 Å². The molecule has 138 valence electrons. The second kappa shape index (κ2) is 9.44. The smallest absolute Gasteiger partial charge is 0.347 e. The highest BCUT2D eigenvalue weighted by atomic mass is 16.6. The van der Waals surface area contributed by atoms with E-state index in [0.29, 0.717) is 17.9 Å². The summed E-state index contributed by atoms with van der Waals surface area (Å²) in [7, 11) is 0. The van der Waals surface area contributed by atoms with Crippen molar-refractivity contribution < 1.29 is 19.1 Å². The van der Waals surface area contributed by atoms with E-state index in [1.165, 1.54) is 19.3 Å². The number of carbonyl (C=O) groups is 2. The Kier molecular flexibility index (Phi) is 7.29. The number of carbonyl (C=O) groups excluding carboxylic acids is 2. The van der Waals surface area contributed by atoms with Crippen LogP contribution in [0.4, 0.5) is 0 Å². The van der Waals surface area contributed by atoms with Gasteiger partial charge in [0, 0.05) is 11.6 Å². The zero-order valence-corrected chi connectivity index (χ0v) is 15.4. The van der Waals surface area contributed by atoms with Crippen LogP contribution in [0.15, 0.2) is 24.3 Å². The van der Waals surface area contributed by atoms with Crippen molar-refractivity contribution in [2.45, 2.75) is 65.0 Å². The summed E-state index contributed by atoms with van der Waals surface area (Å²) in [5.74, 6) is 0.400. The highest BCUT2D eigenvalue weighted by molar-refractivity contribution is 5.94. The lowest BCUT2D eigenvalue weighted by Crippen LogP contribution is -2.36. The lowest BCUT2D eigenvalue weighted by molar-refractivity contribution is -0.152. The van der Waals surface area contributed by atoms with Crippen LogP contribution in [-0.4, -0.2) is 30.6 Å². The minimum absolute atomic E-state index is 0.0529. The highest BCUT2D eigenvalue weighted by Crippen LogP contribution is 2.19. The molecule has 5 heteroatoms. The molecule has 1 atom stereocenters. The fourth-order valence-corrected chi connectivity index (χ4v) is 2.82. The third-order valence-electron chi connectivity index (χ3n) is 4.26. The first kappa shape index (κ1) is 19.3. The molecule has 0 aliphatic heterocycles. The van der Waals surface area contributed by atoms with Gasteiger partial charge in [0.25, 0.3) is 5.91 Å². The standard InChI is InChI=1S/C20H29NO4/c1-14(2)13-24-20(23)15(3)25-18-11-9-16(10-12-18)19(22)21-17-7-5-4-6-8-17/h9-12,14-15,17H,4-8,13H2,1-3H3,(H,21,22). The van der Waals surface area contributed by atoms with E-state index in [2.05, 4.69) is 5.32 Å². The molecular formula is C20H29NO4. The normalized spacial score (nSPS) is 16.3. The monoisotopic (exact) mass is 347 g/mol. The Balaban J connectivity index is 1.84. The van der Waals surface area contributed by atoms with E-state index in [4.69, 9.17) is 9.47 Å². The molecule has 1 fully saturated rings. The maximum absolute atomic E-state index is 12.3. The number of hydrogen-bond donors (Lipinski definition) is 1. The molecule has 25 heavy (non-hydrogen) atoms. The summed E-state index contributed by atoms with van der Waals surface area (Å²) in [5, 5.41) is 3.09. The van der Waals surface area contributed by atoms with Gasteiger partial charge in [-0.3, -0.25) is 4.79 Å². The summed E-state index contributed by atoms with van der Waals surface area (Å²) >= 11 is 0. The molecule has 1 saturated carbocycles. The van der Waals surface area contributed by atoms with E-state index < -0.39 is 6.10 Å². The predicted octanol–water partition coefficient (Wildman–Crippen LogP) is 3.72. The molecule has 1 aromatic carbocycles. The Hall–Kier alpha value is -2.04. The summed E-state index contributed by atoms with van der Waals surface area (Å²) in [6.45, 7) is 6.00. The summed E-state index contributed by atoms with van der Waals surface area (Å²) in [6.07, 6.45) is 5.06. The Labute approximate surface area is 150 Å². The third-order valence-corrected chi connectivity index (χ3v) is 4.26. The van der Waals surface area contributed by atoms with E-state index >= 15 is 0 Å². The molecular weight excluding hydrogens is 318 g/mol. The van der Waals surface area contributed by atoms with Crippen molar-refractivity contribution in [1.82, 2.24) is 5.32 Å². The molecule has 1 aliphatic carbocycles. The van der Waals surface area contributed by atoms with Crippen LogP contribution in [0.3, 0.4) is 0 Å². The van der Waals surface area contributed by atoms with Gasteiger partial charge >= 0.3 is 5.97 Å². The van der Waals surface area contributed by atoms with Crippen LogP contribution in [0.5, 0.6) is 5.75 Å². The van der Waals surface area contributed by atoms with Crippen LogP contribution in [0, 0.1) is 5.92 Å². The molecule has 0 radical (unpaired) electrons. The maximum atomic E-state index is 12.3. The van der Waals surface area contributed by atoms with Crippen LogP contribution >= 0.6 is 0 Å². The quantitative estimate of drug-likeness (QED) is 0.764. The molecule has 1 N–H and O–H groups in total. The van der Waals surface area contributed by atoms with Crippen molar-refractivity contribution in [1.29, 1.82) is 0 Å². The summed E-state index contributed by atoms with van der Waals surface area (Å²) < 4.78 is 10.7. The predicted molar refractivity (Wildman–Crippen MR) is 96.7 cm³/mol. The Morgan fingerprint density at radius 3 is 2.32 bits per heavy atom. The number of esters is 1. The molecule has 1 unspecified atom stereocenters. The summed E-state index contributed by atoms with van der Waals surface area (Å²) in [4.78, 5) is 24.1. The first-order valence-corrected chi connectivity index (χ1v) is 9.20. The van der Waals surface area contributed by atoms with Gasteiger partial charge in [0.05, 0.1) is 6.61 Å². The maximum Gasteiger partial charge on any atom is 0.347 e. The molecule has 0 bridgehead atoms. The van der Waals surface area contributed by atoms with Crippen molar-refractivity contribution in [2.75, 3.05) is 6.61 Å². The van der Waals surface area contributed by atoms with E-state index in [-0.39, 0.29) is 23.8 Å². The number of ether oxygens (including phenoxy) is 2. The zero-order chi connectivity index (χ0) is 18.2. The zero-order valence-electron chi connectivity index (χ0n) is 15.4. The molecule has 0 saturated heterocycles. The fourth-order valence-electron chi connectivity index (χ4n) is 2.82. The highest BCUT2D eigenvalue weighted by Gasteiger charge is 2.18. The van der Waals surface area contributed by atoms with Gasteiger partial charge in [-0.05, 0) is 49.9 Å². The molecule has 0 aromatic heterocycles. The fraction of sp³-hybridized carbons (Fsp3) is 0.600. The van der Waals surface area contributed by atoms with Gasteiger partial charge in [0.2, 0.25) is 0 Å². The number of rotatable bonds is 7. The lowest BCUT2D eigenvalue weighted by Gasteiger charge is -2.22. The first-order valence-electron chi connectivity index (χ1n) is 9.20. The van der Waals surface area contributed by atoms with Crippen LogP contribution in [0.25, 0.3) is 0 Å². The van der Waals surface area contributed by atoms with Crippen molar-refractivity contribution in [3.63, 3.8) is 0 Å². The van der Waals surface area contributed by atoms with Gasteiger partial charge in [0.15, 0.2) is 6.10 Å².